The highest BCUT2D eigenvalue weighted by atomic mass is 32.2. The van der Waals surface area contributed by atoms with Crippen LogP contribution in [0.25, 0.3) is 0 Å². The summed E-state index contributed by atoms with van der Waals surface area (Å²) in [6.07, 6.45) is 2.67. The van der Waals surface area contributed by atoms with Crippen molar-refractivity contribution in [3.8, 4) is 5.75 Å². The highest BCUT2D eigenvalue weighted by molar-refractivity contribution is 7.91. The van der Waals surface area contributed by atoms with Gasteiger partial charge in [0.2, 0.25) is 0 Å². The summed E-state index contributed by atoms with van der Waals surface area (Å²) in [7, 11) is 0.388. The van der Waals surface area contributed by atoms with Crippen molar-refractivity contribution in [3.05, 3.63) is 54.0 Å². The lowest BCUT2D eigenvalue weighted by atomic mass is 10.0. The SMILES string of the molecule is COc1ccc(C2=NN(C(=O)CN(C)[C@@H]3CCS(=O)(=O)C3)[C@H](c3ccco3)C2)cc1. The Morgan fingerprint density at radius 1 is 1.30 bits per heavy atom. The second-order valence-electron chi connectivity index (χ2n) is 7.72. The average molecular weight is 432 g/mol. The molecular formula is C21H25N3O5S. The normalized spacial score (nSPS) is 23.0. The summed E-state index contributed by atoms with van der Waals surface area (Å²) in [4.78, 5) is 14.9. The maximum atomic E-state index is 13.1. The fourth-order valence-corrected chi connectivity index (χ4v) is 5.74. The van der Waals surface area contributed by atoms with E-state index in [1.165, 1.54) is 5.01 Å². The number of hydrogen-bond donors (Lipinski definition) is 0. The molecule has 1 aromatic carbocycles. The Morgan fingerprint density at radius 3 is 2.67 bits per heavy atom. The number of furan rings is 1. The van der Waals surface area contributed by atoms with E-state index in [1.807, 2.05) is 35.2 Å². The summed E-state index contributed by atoms with van der Waals surface area (Å²) in [5, 5.41) is 6.08. The molecule has 0 unspecified atom stereocenters. The van der Waals surface area contributed by atoms with E-state index >= 15 is 0 Å². The fourth-order valence-electron chi connectivity index (χ4n) is 3.94. The average Bonchev–Trinajstić information content (AvgIpc) is 3.47. The predicted molar refractivity (Wildman–Crippen MR) is 112 cm³/mol. The van der Waals surface area contributed by atoms with Crippen LogP contribution in [0.4, 0.5) is 0 Å². The van der Waals surface area contributed by atoms with Crippen molar-refractivity contribution in [2.45, 2.75) is 24.9 Å². The van der Waals surface area contributed by atoms with Crippen LogP contribution in [-0.2, 0) is 14.6 Å². The fraction of sp³-hybridized carbons (Fsp3) is 0.429. The molecule has 0 saturated carbocycles. The number of hydrazone groups is 1. The van der Waals surface area contributed by atoms with Gasteiger partial charge in [-0.3, -0.25) is 9.69 Å². The quantitative estimate of drug-likeness (QED) is 0.695. The molecule has 2 aliphatic rings. The van der Waals surface area contributed by atoms with E-state index in [0.717, 1.165) is 17.0 Å². The standard InChI is InChI=1S/C21H25N3O5S/c1-23(16-9-11-30(26,27)14-16)13-21(25)24-19(20-4-3-10-29-20)12-18(22-24)15-5-7-17(28-2)8-6-15/h3-8,10,16,19H,9,11-14H2,1-2H3/t16-,19+/m1/s1. The van der Waals surface area contributed by atoms with Crippen LogP contribution in [0.3, 0.4) is 0 Å². The number of benzene rings is 1. The lowest BCUT2D eigenvalue weighted by molar-refractivity contribution is -0.134. The molecule has 3 heterocycles. The van der Waals surface area contributed by atoms with E-state index in [2.05, 4.69) is 5.10 Å². The minimum Gasteiger partial charge on any atom is -0.497 e. The first-order valence-electron chi connectivity index (χ1n) is 9.84. The van der Waals surface area contributed by atoms with Gasteiger partial charge >= 0.3 is 0 Å². The number of amides is 1. The molecule has 1 fully saturated rings. The van der Waals surface area contributed by atoms with E-state index in [9.17, 15) is 13.2 Å². The van der Waals surface area contributed by atoms with Crippen molar-refractivity contribution in [1.29, 1.82) is 0 Å². The number of methoxy groups -OCH3 is 1. The Hall–Kier alpha value is -2.65. The van der Waals surface area contributed by atoms with Crippen molar-refractivity contribution < 1.29 is 22.4 Å². The number of carbonyl (C=O) groups is 1. The molecule has 0 radical (unpaired) electrons. The van der Waals surface area contributed by atoms with E-state index in [4.69, 9.17) is 9.15 Å². The van der Waals surface area contributed by atoms with Gasteiger partial charge < -0.3 is 9.15 Å². The third-order valence-electron chi connectivity index (χ3n) is 5.68. The topological polar surface area (TPSA) is 92.4 Å². The second kappa shape index (κ2) is 8.23. The molecule has 2 atom stereocenters. The van der Waals surface area contributed by atoms with Gasteiger partial charge in [-0.2, -0.15) is 5.10 Å². The monoisotopic (exact) mass is 431 g/mol. The molecule has 2 aliphatic heterocycles. The minimum atomic E-state index is -3.01. The largest absolute Gasteiger partial charge is 0.497 e. The molecule has 0 bridgehead atoms. The van der Waals surface area contributed by atoms with Gasteiger partial charge in [-0.1, -0.05) is 0 Å². The number of carbonyl (C=O) groups excluding carboxylic acids is 1. The molecule has 0 spiro atoms. The van der Waals surface area contributed by atoms with Gasteiger partial charge in [-0.15, -0.1) is 0 Å². The van der Waals surface area contributed by atoms with Gasteiger partial charge in [-0.05, 0) is 55.4 Å². The summed E-state index contributed by atoms with van der Waals surface area (Å²) in [5.41, 5.74) is 1.70. The number of likely N-dealkylation sites (N-methyl/N-ethyl adjacent to an activating group) is 1. The first-order valence-corrected chi connectivity index (χ1v) is 11.7. The summed E-state index contributed by atoms with van der Waals surface area (Å²) in [6, 6.07) is 10.7. The maximum absolute atomic E-state index is 13.1. The third-order valence-corrected chi connectivity index (χ3v) is 7.43. The molecule has 1 amide bonds. The lowest BCUT2D eigenvalue weighted by Gasteiger charge is -2.26. The van der Waals surface area contributed by atoms with Crippen molar-refractivity contribution in [2.24, 2.45) is 5.10 Å². The van der Waals surface area contributed by atoms with Crippen LogP contribution in [0.2, 0.25) is 0 Å². The summed E-state index contributed by atoms with van der Waals surface area (Å²) >= 11 is 0. The molecule has 1 aromatic heterocycles. The van der Waals surface area contributed by atoms with E-state index in [-0.39, 0.29) is 36.0 Å². The van der Waals surface area contributed by atoms with Gasteiger partial charge in [0, 0.05) is 12.5 Å². The summed E-state index contributed by atoms with van der Waals surface area (Å²) < 4.78 is 34.3. The zero-order valence-corrected chi connectivity index (χ0v) is 17.8. The number of rotatable bonds is 6. The molecule has 9 heteroatoms. The first-order chi connectivity index (χ1) is 14.4. The van der Waals surface area contributed by atoms with Crippen molar-refractivity contribution in [2.75, 3.05) is 32.2 Å². The van der Waals surface area contributed by atoms with Crippen LogP contribution < -0.4 is 4.74 Å². The molecule has 2 aromatic rings. The molecule has 8 nitrogen and oxygen atoms in total. The van der Waals surface area contributed by atoms with Crippen LogP contribution in [0.1, 0.15) is 30.2 Å². The zero-order valence-electron chi connectivity index (χ0n) is 17.0. The van der Waals surface area contributed by atoms with Gasteiger partial charge in [0.15, 0.2) is 9.84 Å². The zero-order chi connectivity index (χ0) is 21.3. The van der Waals surface area contributed by atoms with Crippen LogP contribution >= 0.6 is 0 Å². The smallest absolute Gasteiger partial charge is 0.257 e. The Labute approximate surface area is 176 Å². The summed E-state index contributed by atoms with van der Waals surface area (Å²) in [5.74, 6) is 1.50. The molecule has 4 rings (SSSR count). The third kappa shape index (κ3) is 4.27. The molecule has 0 aliphatic carbocycles. The highest BCUT2D eigenvalue weighted by Gasteiger charge is 2.37. The second-order valence-corrected chi connectivity index (χ2v) is 9.95. The Kier molecular flexibility index (Phi) is 5.66. The Morgan fingerprint density at radius 2 is 2.07 bits per heavy atom. The molecule has 30 heavy (non-hydrogen) atoms. The number of sulfone groups is 1. The number of hydrogen-bond acceptors (Lipinski definition) is 7. The van der Waals surface area contributed by atoms with Crippen molar-refractivity contribution in [1.82, 2.24) is 9.91 Å². The van der Waals surface area contributed by atoms with Crippen LogP contribution in [0.15, 0.2) is 52.2 Å². The Balaban J connectivity index is 1.54. The van der Waals surface area contributed by atoms with Gasteiger partial charge in [0.1, 0.15) is 17.6 Å². The number of nitrogens with zero attached hydrogens (tertiary/aromatic N) is 3. The molecule has 1 saturated heterocycles. The van der Waals surface area contributed by atoms with Gasteiger partial charge in [0.05, 0.1) is 37.1 Å². The van der Waals surface area contributed by atoms with Crippen molar-refractivity contribution in [3.63, 3.8) is 0 Å². The lowest BCUT2D eigenvalue weighted by Crippen LogP contribution is -2.41. The molecule has 0 N–H and O–H groups in total. The first kappa shape index (κ1) is 20.6. The van der Waals surface area contributed by atoms with E-state index < -0.39 is 9.84 Å². The highest BCUT2D eigenvalue weighted by Crippen LogP contribution is 2.33. The van der Waals surface area contributed by atoms with Crippen LogP contribution in [-0.4, -0.2) is 68.2 Å². The minimum absolute atomic E-state index is 0.0940. The van der Waals surface area contributed by atoms with Crippen LogP contribution in [0, 0.1) is 0 Å². The predicted octanol–water partition coefficient (Wildman–Crippen LogP) is 2.08. The number of ether oxygens (including phenoxy) is 1. The van der Waals surface area contributed by atoms with Crippen molar-refractivity contribution >= 4 is 21.5 Å². The summed E-state index contributed by atoms with van der Waals surface area (Å²) in [6.45, 7) is 0.0940. The molecule has 160 valence electrons. The maximum Gasteiger partial charge on any atom is 0.257 e. The molecular weight excluding hydrogens is 406 g/mol. The van der Waals surface area contributed by atoms with Crippen LogP contribution in [0.5, 0.6) is 5.75 Å². The van der Waals surface area contributed by atoms with Gasteiger partial charge in [-0.25, -0.2) is 13.4 Å². The van der Waals surface area contributed by atoms with Gasteiger partial charge in [0.25, 0.3) is 5.91 Å². The van der Waals surface area contributed by atoms with E-state index in [1.54, 1.807) is 26.5 Å². The van der Waals surface area contributed by atoms with E-state index in [0.29, 0.717) is 18.6 Å². The Bertz CT molecular complexity index is 1030.